The molecule has 1 N–H and O–H groups in total. The van der Waals surface area contributed by atoms with Gasteiger partial charge < -0.3 is 10.1 Å². The number of nitrogens with zero attached hydrogens (tertiary/aromatic N) is 2. The van der Waals surface area contributed by atoms with Gasteiger partial charge in [-0.25, -0.2) is 4.98 Å². The summed E-state index contributed by atoms with van der Waals surface area (Å²) in [5.74, 6) is -0.0230. The number of pyridine rings is 1. The fourth-order valence-corrected chi connectivity index (χ4v) is 3.82. The molecule has 0 atom stereocenters. The normalized spacial score (nSPS) is 11.0. The lowest BCUT2D eigenvalue weighted by Crippen LogP contribution is -2.15. The molecular weight excluding hydrogens is 463 g/mol. The lowest BCUT2D eigenvalue weighted by molar-refractivity contribution is -0.138. The van der Waals surface area contributed by atoms with Gasteiger partial charge in [0.25, 0.3) is 0 Å². The van der Waals surface area contributed by atoms with E-state index in [1.807, 2.05) is 6.92 Å². The predicted molar refractivity (Wildman–Crippen MR) is 126 cm³/mol. The van der Waals surface area contributed by atoms with Crippen molar-refractivity contribution in [2.45, 2.75) is 31.0 Å². The van der Waals surface area contributed by atoms with Crippen molar-refractivity contribution in [2.24, 2.45) is 0 Å². The van der Waals surface area contributed by atoms with Gasteiger partial charge in [0.1, 0.15) is 16.8 Å². The maximum atomic E-state index is 13.7. The summed E-state index contributed by atoms with van der Waals surface area (Å²) in [4.78, 5) is 16.6. The maximum absolute atomic E-state index is 13.7. The summed E-state index contributed by atoms with van der Waals surface area (Å²) in [5.41, 5.74) is -0.638. The minimum Gasteiger partial charge on any atom is -0.494 e. The number of carbonyl (C=O) groups excluding carboxylic acids is 1. The highest BCUT2D eigenvalue weighted by atomic mass is 32.2. The molecule has 3 aromatic rings. The molecule has 0 bridgehead atoms. The fraction of sp³-hybridized carbons (Fsp3) is 0.240. The highest BCUT2D eigenvalue weighted by Gasteiger charge is 2.36. The smallest absolute Gasteiger partial charge is 0.417 e. The van der Waals surface area contributed by atoms with Gasteiger partial charge in [-0.1, -0.05) is 43.3 Å². The molecule has 0 unspecified atom stereocenters. The first kappa shape index (κ1) is 25.1. The van der Waals surface area contributed by atoms with Crippen molar-refractivity contribution in [3.8, 4) is 23.1 Å². The highest BCUT2D eigenvalue weighted by Crippen LogP contribution is 2.38. The van der Waals surface area contributed by atoms with Gasteiger partial charge in [0.05, 0.1) is 29.2 Å². The number of halogens is 3. The number of rotatable bonds is 9. The van der Waals surface area contributed by atoms with Crippen LogP contribution in [0.4, 0.5) is 18.9 Å². The Labute approximate surface area is 200 Å². The molecule has 0 fully saturated rings. The van der Waals surface area contributed by atoms with Crippen LogP contribution in [0.3, 0.4) is 0 Å². The van der Waals surface area contributed by atoms with Gasteiger partial charge in [-0.15, -0.1) is 0 Å². The van der Waals surface area contributed by atoms with E-state index in [0.717, 1.165) is 30.7 Å². The van der Waals surface area contributed by atoms with E-state index in [1.54, 1.807) is 60.7 Å². The second kappa shape index (κ2) is 11.6. The molecule has 0 saturated carbocycles. The first-order valence-corrected chi connectivity index (χ1v) is 11.5. The number of nitriles is 1. The number of anilines is 1. The maximum Gasteiger partial charge on any atom is 0.417 e. The van der Waals surface area contributed by atoms with E-state index >= 15 is 0 Å². The van der Waals surface area contributed by atoms with E-state index in [9.17, 15) is 23.2 Å². The number of unbranched alkanes of at least 4 members (excludes halogenated alkanes) is 1. The number of aromatic nitrogens is 1. The van der Waals surface area contributed by atoms with Crippen molar-refractivity contribution < 1.29 is 22.7 Å². The molecule has 0 aliphatic heterocycles. The minimum absolute atomic E-state index is 0.0531. The predicted octanol–water partition coefficient (Wildman–Crippen LogP) is 6.55. The third-order valence-corrected chi connectivity index (χ3v) is 5.69. The van der Waals surface area contributed by atoms with E-state index in [4.69, 9.17) is 4.74 Å². The third-order valence-electron chi connectivity index (χ3n) is 4.72. The number of hydrogen-bond donors (Lipinski definition) is 1. The Hall–Kier alpha value is -3.51. The number of amides is 1. The molecule has 0 aliphatic carbocycles. The van der Waals surface area contributed by atoms with Crippen LogP contribution in [-0.4, -0.2) is 23.3 Å². The molecule has 5 nitrogen and oxygen atoms in total. The minimum atomic E-state index is -4.76. The van der Waals surface area contributed by atoms with E-state index in [1.165, 1.54) is 0 Å². The van der Waals surface area contributed by atoms with Crippen LogP contribution < -0.4 is 10.1 Å². The SMILES string of the molecule is CCCCOc1ccc(-c2cc(C(F)(F)F)c(C#N)c(SCC(=O)Nc3ccccc3)n2)cc1. The van der Waals surface area contributed by atoms with Crippen molar-refractivity contribution in [3.63, 3.8) is 0 Å². The Morgan fingerprint density at radius 3 is 2.47 bits per heavy atom. The number of alkyl halides is 3. The molecule has 34 heavy (non-hydrogen) atoms. The first-order chi connectivity index (χ1) is 16.3. The molecule has 1 amide bonds. The quantitative estimate of drug-likeness (QED) is 0.275. The summed E-state index contributed by atoms with van der Waals surface area (Å²) in [6.07, 6.45) is -2.88. The van der Waals surface area contributed by atoms with E-state index in [2.05, 4.69) is 10.3 Å². The summed E-state index contributed by atoms with van der Waals surface area (Å²) in [6, 6.07) is 17.7. The van der Waals surface area contributed by atoms with Gasteiger partial charge in [-0.05, 0) is 48.9 Å². The number of thioether (sulfide) groups is 1. The molecule has 3 rings (SSSR count). The molecule has 2 aromatic carbocycles. The lowest BCUT2D eigenvalue weighted by atomic mass is 10.1. The third kappa shape index (κ3) is 6.75. The molecule has 0 aliphatic rings. The molecule has 0 saturated heterocycles. The standard InChI is InChI=1S/C25H22F3N3O2S/c1-2-3-13-33-19-11-9-17(10-12-19)22-14-21(25(26,27)28)20(15-29)24(31-22)34-16-23(32)30-18-7-5-4-6-8-18/h4-12,14H,2-3,13,16H2,1H3,(H,30,32). The molecule has 1 heterocycles. The van der Waals surface area contributed by atoms with Crippen molar-refractivity contribution in [2.75, 3.05) is 17.7 Å². The molecule has 9 heteroatoms. The summed E-state index contributed by atoms with van der Waals surface area (Å²) in [7, 11) is 0. The van der Waals surface area contributed by atoms with E-state index < -0.39 is 23.2 Å². The number of benzene rings is 2. The van der Waals surface area contributed by atoms with Crippen molar-refractivity contribution >= 4 is 23.4 Å². The zero-order valence-corrected chi connectivity index (χ0v) is 19.2. The molecule has 0 spiro atoms. The fourth-order valence-electron chi connectivity index (χ4n) is 3.01. The summed E-state index contributed by atoms with van der Waals surface area (Å²) < 4.78 is 46.8. The van der Waals surface area contributed by atoms with Gasteiger partial charge in [-0.3, -0.25) is 4.79 Å². The van der Waals surface area contributed by atoms with Crippen LogP contribution in [0.2, 0.25) is 0 Å². The van der Waals surface area contributed by atoms with Crippen LogP contribution in [0.5, 0.6) is 5.75 Å². The highest BCUT2D eigenvalue weighted by molar-refractivity contribution is 8.00. The molecule has 176 valence electrons. The van der Waals surface area contributed by atoms with Crippen LogP contribution >= 0.6 is 11.8 Å². The van der Waals surface area contributed by atoms with Gasteiger partial charge in [-0.2, -0.15) is 18.4 Å². The number of ether oxygens (including phenoxy) is 1. The zero-order chi connectivity index (χ0) is 24.6. The van der Waals surface area contributed by atoms with Gasteiger partial charge in [0.15, 0.2) is 0 Å². The second-order valence-corrected chi connectivity index (χ2v) is 8.24. The zero-order valence-electron chi connectivity index (χ0n) is 18.4. The van der Waals surface area contributed by atoms with Crippen LogP contribution in [0.15, 0.2) is 65.7 Å². The van der Waals surface area contributed by atoms with E-state index in [0.29, 0.717) is 23.6 Å². The number of hydrogen-bond acceptors (Lipinski definition) is 5. The number of nitrogens with one attached hydrogen (secondary N) is 1. The number of carbonyl (C=O) groups is 1. The Morgan fingerprint density at radius 2 is 1.85 bits per heavy atom. The molecule has 0 radical (unpaired) electrons. The van der Waals surface area contributed by atoms with E-state index in [-0.39, 0.29) is 16.5 Å². The second-order valence-electron chi connectivity index (χ2n) is 7.27. The summed E-state index contributed by atoms with van der Waals surface area (Å²) in [6.45, 7) is 2.59. The Balaban J connectivity index is 1.87. The monoisotopic (exact) mass is 485 g/mol. The average molecular weight is 486 g/mol. The average Bonchev–Trinajstić information content (AvgIpc) is 2.83. The molecule has 1 aromatic heterocycles. The Morgan fingerprint density at radius 1 is 1.15 bits per heavy atom. The largest absolute Gasteiger partial charge is 0.494 e. The van der Waals surface area contributed by atoms with Crippen LogP contribution in [-0.2, 0) is 11.0 Å². The van der Waals surface area contributed by atoms with Crippen molar-refractivity contribution in [1.82, 2.24) is 4.98 Å². The lowest BCUT2D eigenvalue weighted by Gasteiger charge is -2.14. The topological polar surface area (TPSA) is 75.0 Å². The number of para-hydroxylation sites is 1. The van der Waals surface area contributed by atoms with Gasteiger partial charge >= 0.3 is 6.18 Å². The Kier molecular flexibility index (Phi) is 8.55. The van der Waals surface area contributed by atoms with Crippen molar-refractivity contribution in [3.05, 3.63) is 71.8 Å². The van der Waals surface area contributed by atoms with Crippen LogP contribution in [0, 0.1) is 11.3 Å². The summed E-state index contributed by atoms with van der Waals surface area (Å²) >= 11 is 0.784. The summed E-state index contributed by atoms with van der Waals surface area (Å²) in [5, 5.41) is 12.0. The molecular formula is C25H22F3N3O2S. The van der Waals surface area contributed by atoms with Crippen LogP contribution in [0.1, 0.15) is 30.9 Å². The first-order valence-electron chi connectivity index (χ1n) is 10.5. The van der Waals surface area contributed by atoms with Crippen LogP contribution in [0.25, 0.3) is 11.3 Å². The van der Waals surface area contributed by atoms with Gasteiger partial charge in [0.2, 0.25) is 5.91 Å². The van der Waals surface area contributed by atoms with Gasteiger partial charge in [0, 0.05) is 11.3 Å². The van der Waals surface area contributed by atoms with Crippen molar-refractivity contribution in [1.29, 1.82) is 5.26 Å². The Bertz CT molecular complexity index is 1160.